The lowest BCUT2D eigenvalue weighted by molar-refractivity contribution is 0.392. The number of aromatic nitrogens is 1. The molecule has 5 nitrogen and oxygen atoms in total. The predicted molar refractivity (Wildman–Crippen MR) is 102 cm³/mol. The second-order valence-electron chi connectivity index (χ2n) is 6.02. The second-order valence-corrected chi connectivity index (χ2v) is 9.04. The lowest BCUT2D eigenvalue weighted by atomic mass is 10.2. The summed E-state index contributed by atoms with van der Waals surface area (Å²) in [7, 11) is -1.97. The first-order valence-corrected chi connectivity index (χ1v) is 10.5. The summed E-state index contributed by atoms with van der Waals surface area (Å²) in [5.41, 5.74) is 2.08. The van der Waals surface area contributed by atoms with Crippen molar-refractivity contribution in [3.8, 4) is 16.3 Å². The highest BCUT2D eigenvalue weighted by molar-refractivity contribution is 7.89. The van der Waals surface area contributed by atoms with Gasteiger partial charge >= 0.3 is 0 Å². The van der Waals surface area contributed by atoms with Gasteiger partial charge < -0.3 is 4.74 Å². The maximum atomic E-state index is 12.9. The summed E-state index contributed by atoms with van der Waals surface area (Å²) >= 11 is 1.57. The normalized spacial score (nSPS) is 14.8. The van der Waals surface area contributed by atoms with Crippen molar-refractivity contribution in [1.29, 1.82) is 0 Å². The first-order chi connectivity index (χ1) is 12.6. The molecule has 1 aliphatic rings. The molecule has 0 bridgehead atoms. The van der Waals surface area contributed by atoms with Gasteiger partial charge in [0.15, 0.2) is 0 Å². The number of benzene rings is 2. The van der Waals surface area contributed by atoms with Crippen LogP contribution in [0.25, 0.3) is 10.6 Å². The Morgan fingerprint density at radius 1 is 1.08 bits per heavy atom. The van der Waals surface area contributed by atoms with Gasteiger partial charge in [0.05, 0.1) is 24.2 Å². The highest BCUT2D eigenvalue weighted by Gasteiger charge is 2.30. The zero-order valence-electron chi connectivity index (χ0n) is 14.3. The third kappa shape index (κ3) is 3.13. The molecule has 0 N–H and O–H groups in total. The number of hydrogen-bond acceptors (Lipinski definition) is 5. The monoisotopic (exact) mass is 386 g/mol. The van der Waals surface area contributed by atoms with Crippen LogP contribution in [0.15, 0.2) is 59.5 Å². The van der Waals surface area contributed by atoms with Crippen molar-refractivity contribution in [2.75, 3.05) is 13.7 Å². The number of hydrogen-bond donors (Lipinski definition) is 0. The van der Waals surface area contributed by atoms with Crippen molar-refractivity contribution in [1.82, 2.24) is 9.29 Å². The number of nitrogens with zero attached hydrogens (tertiary/aromatic N) is 2. The molecule has 0 amide bonds. The average Bonchev–Trinajstić information content (AvgIpc) is 3.12. The van der Waals surface area contributed by atoms with Crippen LogP contribution in [0.3, 0.4) is 0 Å². The molecular weight excluding hydrogens is 368 g/mol. The summed E-state index contributed by atoms with van der Waals surface area (Å²) in [6, 6.07) is 16.5. The average molecular weight is 386 g/mol. The van der Waals surface area contributed by atoms with Crippen molar-refractivity contribution in [3.05, 3.63) is 65.2 Å². The van der Waals surface area contributed by atoms with E-state index in [0.29, 0.717) is 25.3 Å². The molecule has 0 unspecified atom stereocenters. The molecule has 0 radical (unpaired) electrons. The van der Waals surface area contributed by atoms with Crippen molar-refractivity contribution in [3.63, 3.8) is 0 Å². The number of sulfonamides is 1. The predicted octanol–water partition coefficient (Wildman–Crippen LogP) is 3.57. The molecule has 4 rings (SSSR count). The molecule has 0 aliphatic carbocycles. The van der Waals surface area contributed by atoms with E-state index < -0.39 is 10.0 Å². The third-order valence-electron chi connectivity index (χ3n) is 4.41. The van der Waals surface area contributed by atoms with E-state index in [1.807, 2.05) is 30.3 Å². The van der Waals surface area contributed by atoms with Gasteiger partial charge in [0.25, 0.3) is 0 Å². The van der Waals surface area contributed by atoms with Gasteiger partial charge in [-0.15, -0.1) is 11.3 Å². The number of thiazole rings is 1. The van der Waals surface area contributed by atoms with E-state index >= 15 is 0 Å². The van der Waals surface area contributed by atoms with Gasteiger partial charge in [-0.05, 0) is 24.3 Å². The van der Waals surface area contributed by atoms with Crippen molar-refractivity contribution < 1.29 is 13.2 Å². The smallest absolute Gasteiger partial charge is 0.243 e. The first kappa shape index (κ1) is 17.2. The van der Waals surface area contributed by atoms with Gasteiger partial charge in [-0.25, -0.2) is 13.4 Å². The van der Waals surface area contributed by atoms with Gasteiger partial charge in [-0.2, -0.15) is 4.31 Å². The molecule has 0 atom stereocenters. The molecule has 3 aromatic rings. The van der Waals surface area contributed by atoms with Gasteiger partial charge in [-0.3, -0.25) is 0 Å². The number of rotatable bonds is 4. The molecule has 1 aromatic heterocycles. The van der Waals surface area contributed by atoms with Crippen LogP contribution < -0.4 is 4.74 Å². The summed E-state index contributed by atoms with van der Waals surface area (Å²) in [5, 5.41) is 0.944. The van der Waals surface area contributed by atoms with E-state index in [2.05, 4.69) is 0 Å². The van der Waals surface area contributed by atoms with Crippen molar-refractivity contribution >= 4 is 21.4 Å². The highest BCUT2D eigenvalue weighted by Crippen LogP contribution is 2.33. The van der Waals surface area contributed by atoms with Crippen LogP contribution in [0.2, 0.25) is 0 Å². The Balaban J connectivity index is 1.60. The Labute approximate surface area is 156 Å². The van der Waals surface area contributed by atoms with Gasteiger partial charge in [0.1, 0.15) is 10.8 Å². The molecule has 0 saturated carbocycles. The summed E-state index contributed by atoms with van der Waals surface area (Å²) in [6.45, 7) is 0.813. The zero-order chi connectivity index (χ0) is 18.1. The molecule has 2 heterocycles. The summed E-state index contributed by atoms with van der Waals surface area (Å²) in [4.78, 5) is 6.02. The van der Waals surface area contributed by atoms with E-state index in [0.717, 1.165) is 21.1 Å². The van der Waals surface area contributed by atoms with Gasteiger partial charge in [0.2, 0.25) is 10.0 Å². The number of methoxy groups -OCH3 is 1. The van der Waals surface area contributed by atoms with Crippen molar-refractivity contribution in [2.45, 2.75) is 17.9 Å². The second kappa shape index (κ2) is 6.83. The third-order valence-corrected chi connectivity index (χ3v) is 7.41. The van der Waals surface area contributed by atoms with Crippen LogP contribution in [-0.4, -0.2) is 31.4 Å². The molecule has 0 spiro atoms. The van der Waals surface area contributed by atoms with Crippen LogP contribution in [0, 0.1) is 0 Å². The molecule has 0 fully saturated rings. The van der Waals surface area contributed by atoms with Crippen LogP contribution >= 0.6 is 11.3 Å². The van der Waals surface area contributed by atoms with Crippen molar-refractivity contribution in [2.24, 2.45) is 0 Å². The fourth-order valence-corrected chi connectivity index (χ4v) is 5.60. The number of fused-ring (bicyclic) bond motifs is 1. The maximum Gasteiger partial charge on any atom is 0.243 e. The quantitative estimate of drug-likeness (QED) is 0.688. The molecule has 1 aliphatic heterocycles. The zero-order valence-corrected chi connectivity index (χ0v) is 15.9. The lowest BCUT2D eigenvalue weighted by Gasteiger charge is -2.25. The molecule has 7 heteroatoms. The van der Waals surface area contributed by atoms with Crippen LogP contribution in [0.5, 0.6) is 5.75 Å². The van der Waals surface area contributed by atoms with Gasteiger partial charge in [0, 0.05) is 23.4 Å². The first-order valence-electron chi connectivity index (χ1n) is 8.26. The number of ether oxygens (including phenoxy) is 1. The fourth-order valence-electron chi connectivity index (χ4n) is 2.98. The molecule has 134 valence electrons. The SMILES string of the molecule is COc1ccc(S(=O)(=O)N2CCc3nc(-c4ccccc4)sc3C2)cc1. The minimum atomic E-state index is -3.53. The van der Waals surface area contributed by atoms with E-state index in [9.17, 15) is 8.42 Å². The fraction of sp³-hybridized carbons (Fsp3) is 0.211. The molecule has 26 heavy (non-hydrogen) atoms. The minimum absolute atomic E-state index is 0.287. The van der Waals surface area contributed by atoms with Crippen LogP contribution in [0.4, 0.5) is 0 Å². The Bertz CT molecular complexity index is 1010. The Kier molecular flexibility index (Phi) is 4.52. The van der Waals surface area contributed by atoms with E-state index in [4.69, 9.17) is 9.72 Å². The molecular formula is C19H18N2O3S2. The largest absolute Gasteiger partial charge is 0.497 e. The van der Waals surface area contributed by atoms with Gasteiger partial charge in [-0.1, -0.05) is 30.3 Å². The summed E-state index contributed by atoms with van der Waals surface area (Å²) in [6.07, 6.45) is 0.633. The Hall–Kier alpha value is -2.22. The maximum absolute atomic E-state index is 12.9. The molecule has 0 saturated heterocycles. The Morgan fingerprint density at radius 2 is 1.81 bits per heavy atom. The Morgan fingerprint density at radius 3 is 2.50 bits per heavy atom. The summed E-state index contributed by atoms with van der Waals surface area (Å²) in [5.74, 6) is 0.639. The topological polar surface area (TPSA) is 59.5 Å². The van der Waals surface area contributed by atoms with E-state index in [1.54, 1.807) is 42.7 Å². The summed E-state index contributed by atoms with van der Waals surface area (Å²) < 4.78 is 32.5. The standard InChI is InChI=1S/C19H18N2O3S2/c1-24-15-7-9-16(10-8-15)26(22,23)21-12-11-17-18(13-21)25-19(20-17)14-5-3-2-4-6-14/h2-10H,11-13H2,1H3. The molecule has 2 aromatic carbocycles. The highest BCUT2D eigenvalue weighted by atomic mass is 32.2. The van der Waals surface area contributed by atoms with Crippen LogP contribution in [0.1, 0.15) is 10.6 Å². The van der Waals surface area contributed by atoms with E-state index in [1.165, 1.54) is 4.31 Å². The van der Waals surface area contributed by atoms with E-state index in [-0.39, 0.29) is 4.90 Å². The minimum Gasteiger partial charge on any atom is -0.497 e. The van der Waals surface area contributed by atoms with Crippen LogP contribution in [-0.2, 0) is 23.0 Å². The lowest BCUT2D eigenvalue weighted by Crippen LogP contribution is -2.35.